The second kappa shape index (κ2) is 41.7. The van der Waals surface area contributed by atoms with Gasteiger partial charge in [-0.05, 0) is 171 Å². The van der Waals surface area contributed by atoms with Gasteiger partial charge in [-0.2, -0.15) is 39.5 Å². The molecule has 42 heteroatoms. The van der Waals surface area contributed by atoms with Crippen LogP contribution in [-0.2, 0) is 79.4 Å². The fourth-order valence-corrected chi connectivity index (χ4v) is 16.0. The van der Waals surface area contributed by atoms with Crippen molar-refractivity contribution in [3.63, 3.8) is 0 Å². The lowest BCUT2D eigenvalue weighted by molar-refractivity contribution is -0.167. The van der Waals surface area contributed by atoms with E-state index in [0.717, 1.165) is 33.2 Å². The molecule has 0 saturated carbocycles. The number of Topliss-reactive ketones (excluding diaryl/α,β-unsaturated/α-hetero) is 3. The van der Waals surface area contributed by atoms with Gasteiger partial charge in [0.15, 0.2) is 28.8 Å². The maximum Gasteiger partial charge on any atom is 0.411 e. The van der Waals surface area contributed by atoms with Crippen LogP contribution in [0.3, 0.4) is 0 Å². The standard InChI is InChI=1S/C32H33F5N4O5.C31H33F5N4O4.C30H31F5N4O6/c1-16-17(2)40(4)31(44)28(38-16)22-8-7-19(21-6-5-10-46-29(21)22)12-25(18(3)42)39-30(43)27-23(33)13-20(14-24(27)34)41-9-11-45-15-26(41)32(35,36)37;1-6-25(31(34,35)36)38-19-13-22(32)26(23(33)14-19)29(42)39-24(17(4)41)12-18-9-10-21(28-20(18)8-7-11-44-28)27-30(43)40(5)16(3)15(2)37-27;1-6-22(30(33,34)35)36-17-12-19(31)24(20(32)13-17)27(41)37-21(15(3)40)11-16-7-8-18(26-25(16)44-9-10-45-26)23-14(2)38(4)29(43)39(5)28(23)42/h7-8,13-14,25-26H,5-6,9-12,15H2,1-4H3,(H,39,43);9-10,13-14,24-25,38H,6-8,11-12H2,1-5H3,(H,39,42);7-8,12-13,21-22,36H,6,9-11H2,1-5H3,(H,37,41)/t25-,26+;24-,25+;21-,22+/m000/s1. The molecule has 27 nitrogen and oxygen atoms in total. The maximum absolute atomic E-state index is 15.2. The predicted octanol–water partition coefficient (Wildman–Crippen LogP) is 13.5. The lowest BCUT2D eigenvalue weighted by atomic mass is 9.91. The van der Waals surface area contributed by atoms with E-state index < -0.39 is 177 Å². The lowest BCUT2D eigenvalue weighted by Crippen LogP contribution is -2.53. The minimum absolute atomic E-state index is 0.0436. The Morgan fingerprint density at radius 2 is 0.807 bits per heavy atom. The van der Waals surface area contributed by atoms with Gasteiger partial charge in [-0.25, -0.2) is 41.1 Å². The van der Waals surface area contributed by atoms with Gasteiger partial charge in [-0.15, -0.1) is 0 Å². The van der Waals surface area contributed by atoms with Crippen LogP contribution in [0, 0.1) is 69.5 Å². The SMILES string of the molecule is CC(=O)[C@H](Cc1ccc(-c2nc(C)c(C)n(C)c2=O)c2c1CCCO2)NC(=O)c1c(F)cc(N2CCOC[C@@H]2C(F)(F)F)cc1F.CC[C@@H](Nc1cc(F)c(C(=O)N[C@@H](Cc2ccc(-c3c(C)n(C)c(=O)n(C)c3=O)c3c2OCCO3)C(C)=O)c(F)c1)C(F)(F)F.CC[C@@H](Nc1cc(F)c(C(=O)N[C@@H](Cc2ccc(-c3nc(C)c(C)n(C)c3=O)c3c2CCCO3)C(C)=O)c(F)c1)C(F)(F)F. The Morgan fingerprint density at radius 3 is 1.19 bits per heavy atom. The van der Waals surface area contributed by atoms with Crippen LogP contribution in [0.4, 0.5) is 82.9 Å². The van der Waals surface area contributed by atoms with E-state index in [-0.39, 0.29) is 97.3 Å². The van der Waals surface area contributed by atoms with E-state index in [9.17, 15) is 105 Å². The van der Waals surface area contributed by atoms with Crippen molar-refractivity contribution in [2.45, 2.75) is 182 Å². The van der Waals surface area contributed by atoms with E-state index in [0.29, 0.717) is 143 Å². The molecule has 4 aliphatic heterocycles. The summed E-state index contributed by atoms with van der Waals surface area (Å²) < 4.78 is 243. The summed E-state index contributed by atoms with van der Waals surface area (Å²) in [7, 11) is 6.15. The van der Waals surface area contributed by atoms with Gasteiger partial charge in [0.2, 0.25) is 0 Å². The number of fused-ring (bicyclic) bond motifs is 3. The smallest absolute Gasteiger partial charge is 0.411 e. The van der Waals surface area contributed by atoms with E-state index in [1.807, 2.05) is 10.6 Å². The van der Waals surface area contributed by atoms with Gasteiger partial charge in [0, 0.05) is 110 Å². The highest BCUT2D eigenvalue weighted by Gasteiger charge is 2.47. The van der Waals surface area contributed by atoms with Crippen LogP contribution in [0.5, 0.6) is 23.0 Å². The molecule has 0 bridgehead atoms. The zero-order chi connectivity index (χ0) is 99.4. The summed E-state index contributed by atoms with van der Waals surface area (Å²) in [5.74, 6) is -12.5. The molecule has 0 aliphatic carbocycles. The fourth-order valence-electron chi connectivity index (χ4n) is 16.0. The number of morpholine rings is 1. The summed E-state index contributed by atoms with van der Waals surface area (Å²) in [6.45, 7) is 14.9. The van der Waals surface area contributed by atoms with Crippen LogP contribution < -0.4 is 72.8 Å². The second-order valence-corrected chi connectivity index (χ2v) is 32.9. The fraction of sp³-hybridized carbons (Fsp3) is 0.419. The molecule has 0 radical (unpaired) electrons. The largest absolute Gasteiger partial charge is 0.493 e. The molecule has 13 rings (SSSR count). The molecular formula is C93H97F15N12O15. The minimum atomic E-state index is -4.72. The molecule has 4 aliphatic rings. The molecule has 7 heterocycles. The number of ketones is 3. The van der Waals surface area contributed by atoms with Crippen molar-refractivity contribution in [1.29, 1.82) is 0 Å². The van der Waals surface area contributed by atoms with Gasteiger partial charge in [0.1, 0.15) is 106 Å². The van der Waals surface area contributed by atoms with Crippen molar-refractivity contribution in [1.82, 2.24) is 44.2 Å². The minimum Gasteiger partial charge on any atom is -0.493 e. The number of anilines is 3. The van der Waals surface area contributed by atoms with Crippen LogP contribution in [0.25, 0.3) is 33.6 Å². The average Bonchev–Trinajstić information content (AvgIpc) is 0.761. The Kier molecular flexibility index (Phi) is 31.6. The third kappa shape index (κ3) is 22.4. The number of amides is 3. The highest BCUT2D eigenvalue weighted by atomic mass is 19.4. The molecule has 1 fully saturated rings. The zero-order valence-corrected chi connectivity index (χ0v) is 75.6. The molecule has 3 aromatic heterocycles. The molecule has 6 atom stereocenters. The third-order valence-electron chi connectivity index (χ3n) is 24.1. The van der Waals surface area contributed by atoms with Gasteiger partial charge in [0.25, 0.3) is 34.4 Å². The zero-order valence-electron chi connectivity index (χ0n) is 75.6. The summed E-state index contributed by atoms with van der Waals surface area (Å²) in [6, 6.07) is 3.57. The first kappa shape index (κ1) is 102. The van der Waals surface area contributed by atoms with Gasteiger partial charge in [0.05, 0.1) is 61.5 Å². The molecule has 5 N–H and O–H groups in total. The number of ether oxygens (including phenoxy) is 5. The van der Waals surface area contributed by atoms with Crippen LogP contribution in [0.2, 0.25) is 0 Å². The van der Waals surface area contributed by atoms with E-state index in [2.05, 4.69) is 25.9 Å². The predicted molar refractivity (Wildman–Crippen MR) is 466 cm³/mol. The number of hydrogen-bond acceptors (Lipinski definition) is 20. The van der Waals surface area contributed by atoms with E-state index in [4.69, 9.17) is 23.7 Å². The van der Waals surface area contributed by atoms with Crippen molar-refractivity contribution in [2.24, 2.45) is 28.2 Å². The lowest BCUT2D eigenvalue weighted by Gasteiger charge is -2.38. The van der Waals surface area contributed by atoms with Gasteiger partial charge >= 0.3 is 24.2 Å². The number of nitrogens with zero attached hydrogens (tertiary/aromatic N) is 7. The Labute approximate surface area is 762 Å². The molecule has 9 aromatic rings. The molecule has 0 unspecified atom stereocenters. The summed E-state index contributed by atoms with van der Waals surface area (Å²) in [5.41, 5.74) is 1.91. The molecule has 6 aromatic carbocycles. The summed E-state index contributed by atoms with van der Waals surface area (Å²) in [4.78, 5) is 138. The van der Waals surface area contributed by atoms with Crippen molar-refractivity contribution in [3.05, 3.63) is 222 Å². The van der Waals surface area contributed by atoms with Gasteiger partial charge in [-0.1, -0.05) is 32.0 Å². The average molecular weight is 1910 g/mol. The number of nitrogens with one attached hydrogen (secondary N) is 5. The van der Waals surface area contributed by atoms with Crippen molar-refractivity contribution in [2.75, 3.05) is 61.7 Å². The number of rotatable bonds is 25. The first-order valence-corrected chi connectivity index (χ1v) is 42.7. The quantitative estimate of drug-likeness (QED) is 0.0332. The van der Waals surface area contributed by atoms with E-state index in [1.54, 1.807) is 85.1 Å². The van der Waals surface area contributed by atoms with E-state index in [1.165, 1.54) is 55.5 Å². The van der Waals surface area contributed by atoms with Gasteiger partial charge in [-0.3, -0.25) is 47.7 Å². The molecular weight excluding hydrogens is 1810 g/mol. The first-order valence-electron chi connectivity index (χ1n) is 42.7. The molecule has 3 amide bonds. The Morgan fingerprint density at radius 1 is 0.444 bits per heavy atom. The number of alkyl halides is 9. The Bertz CT molecular complexity index is 6340. The summed E-state index contributed by atoms with van der Waals surface area (Å²) in [6.07, 6.45) is -12.7. The number of benzene rings is 6. The van der Waals surface area contributed by atoms with E-state index >= 15 is 8.78 Å². The molecule has 1 saturated heterocycles. The highest BCUT2D eigenvalue weighted by molar-refractivity contribution is 6.00. The van der Waals surface area contributed by atoms with Crippen molar-refractivity contribution < 1.29 is 118 Å². The van der Waals surface area contributed by atoms with Crippen LogP contribution >= 0.6 is 0 Å². The Balaban J connectivity index is 0.000000195. The van der Waals surface area contributed by atoms with Gasteiger partial charge < -0.3 is 68.9 Å². The molecule has 0 spiro atoms. The molecule has 135 heavy (non-hydrogen) atoms. The highest BCUT2D eigenvalue weighted by Crippen LogP contribution is 2.45. The van der Waals surface area contributed by atoms with Crippen molar-refractivity contribution >= 4 is 52.1 Å². The third-order valence-corrected chi connectivity index (χ3v) is 24.1. The second-order valence-electron chi connectivity index (χ2n) is 32.9. The maximum atomic E-state index is 15.2. The molecule has 724 valence electrons. The number of aryl methyl sites for hydroxylation is 2. The monoisotopic (exact) mass is 1910 g/mol. The number of carbonyl (C=O) groups is 6. The number of aromatic nitrogens is 6. The number of hydrogen-bond donors (Lipinski definition) is 5. The first-order chi connectivity index (χ1) is 63.4. The number of carbonyl (C=O) groups excluding carboxylic acids is 6. The Hall–Kier alpha value is -13.3. The van der Waals surface area contributed by atoms with Crippen LogP contribution in [0.15, 0.2) is 92.0 Å². The summed E-state index contributed by atoms with van der Waals surface area (Å²) in [5, 5.41) is 11.1. The normalized spacial score (nSPS) is 15.2. The van der Waals surface area contributed by atoms with Crippen molar-refractivity contribution in [3.8, 4) is 56.6 Å². The van der Waals surface area contributed by atoms with Crippen LogP contribution in [-0.4, -0.2) is 164 Å². The topological polar surface area (TPSA) is 326 Å². The number of halogens is 15. The van der Waals surface area contributed by atoms with Crippen LogP contribution in [0.1, 0.15) is 148 Å². The summed E-state index contributed by atoms with van der Waals surface area (Å²) >= 11 is 0.